The number of nitrogens with one attached hydrogen (secondary N) is 2. The number of nitrogens with zero attached hydrogens (tertiary/aromatic N) is 2. The van der Waals surface area contributed by atoms with Gasteiger partial charge in [-0.1, -0.05) is 49.2 Å². The Hall–Kier alpha value is -2.48. The van der Waals surface area contributed by atoms with Crippen LogP contribution < -0.4 is 15.4 Å². The van der Waals surface area contributed by atoms with Crippen LogP contribution in [0.15, 0.2) is 24.3 Å². The minimum atomic E-state index is -0.625. The summed E-state index contributed by atoms with van der Waals surface area (Å²) in [6, 6.07) is 6.86. The van der Waals surface area contributed by atoms with Crippen molar-refractivity contribution < 1.29 is 14.3 Å². The molecule has 0 bridgehead atoms. The van der Waals surface area contributed by atoms with Crippen LogP contribution in [0.4, 0.5) is 5.13 Å². The Balaban J connectivity index is 1.49. The molecule has 1 aliphatic rings. The summed E-state index contributed by atoms with van der Waals surface area (Å²) in [5, 5.41) is 14.7. The number of benzene rings is 1. The van der Waals surface area contributed by atoms with Gasteiger partial charge in [-0.3, -0.25) is 14.9 Å². The van der Waals surface area contributed by atoms with E-state index in [2.05, 4.69) is 20.8 Å². The Kier molecular flexibility index (Phi) is 6.97. The van der Waals surface area contributed by atoms with Crippen LogP contribution in [0.2, 0.25) is 0 Å². The van der Waals surface area contributed by atoms with Crippen LogP contribution in [0.1, 0.15) is 45.4 Å². The molecule has 2 aromatic rings. The van der Waals surface area contributed by atoms with E-state index < -0.39 is 6.04 Å². The Bertz CT molecular complexity index is 817. The molecule has 1 heterocycles. The van der Waals surface area contributed by atoms with Gasteiger partial charge in [0.05, 0.1) is 7.11 Å². The van der Waals surface area contributed by atoms with Gasteiger partial charge in [0.1, 0.15) is 16.8 Å². The van der Waals surface area contributed by atoms with Crippen molar-refractivity contribution in [2.75, 3.05) is 12.4 Å². The molecule has 2 N–H and O–H groups in total. The molecule has 0 unspecified atom stereocenters. The Morgan fingerprint density at radius 3 is 2.82 bits per heavy atom. The van der Waals surface area contributed by atoms with E-state index >= 15 is 0 Å². The predicted octanol–water partition coefficient (Wildman–Crippen LogP) is 3.63. The van der Waals surface area contributed by atoms with Crippen LogP contribution in [0.25, 0.3) is 10.6 Å². The summed E-state index contributed by atoms with van der Waals surface area (Å²) in [4.78, 5) is 24.4. The van der Waals surface area contributed by atoms with Crippen molar-refractivity contribution in [1.82, 2.24) is 15.5 Å². The molecule has 1 aromatic heterocycles. The van der Waals surface area contributed by atoms with Gasteiger partial charge in [-0.05, 0) is 31.4 Å². The number of carbonyl (C=O) groups excluding carboxylic acids is 2. The summed E-state index contributed by atoms with van der Waals surface area (Å²) in [7, 11) is 1.61. The SMILES string of the molecule is COc1cccc(-c2nnc(NC(=O)[C@@H](C)NC(=O)CCC3CCCC3)s2)c1. The van der Waals surface area contributed by atoms with E-state index in [0.29, 0.717) is 22.5 Å². The molecule has 1 saturated carbocycles. The molecule has 0 saturated heterocycles. The number of hydrogen-bond acceptors (Lipinski definition) is 6. The largest absolute Gasteiger partial charge is 0.497 e. The molecule has 28 heavy (non-hydrogen) atoms. The maximum Gasteiger partial charge on any atom is 0.248 e. The maximum absolute atomic E-state index is 12.3. The summed E-state index contributed by atoms with van der Waals surface area (Å²) < 4.78 is 5.21. The Morgan fingerprint density at radius 1 is 1.29 bits per heavy atom. The number of amides is 2. The first-order valence-corrected chi connectivity index (χ1v) is 10.4. The minimum Gasteiger partial charge on any atom is -0.497 e. The monoisotopic (exact) mass is 402 g/mol. The molecule has 2 amide bonds. The lowest BCUT2D eigenvalue weighted by molar-refractivity contribution is -0.126. The van der Waals surface area contributed by atoms with Crippen molar-refractivity contribution in [3.8, 4) is 16.3 Å². The molecule has 1 aromatic carbocycles. The van der Waals surface area contributed by atoms with E-state index in [1.54, 1.807) is 14.0 Å². The summed E-state index contributed by atoms with van der Waals surface area (Å²) in [5.41, 5.74) is 0.866. The first-order valence-electron chi connectivity index (χ1n) is 9.63. The summed E-state index contributed by atoms with van der Waals surface area (Å²) >= 11 is 1.27. The second-order valence-corrected chi connectivity index (χ2v) is 8.09. The van der Waals surface area contributed by atoms with Crippen LogP contribution >= 0.6 is 11.3 Å². The van der Waals surface area contributed by atoms with Crippen molar-refractivity contribution in [2.45, 2.75) is 51.5 Å². The van der Waals surface area contributed by atoms with Gasteiger partial charge in [0.25, 0.3) is 0 Å². The molecule has 1 aliphatic carbocycles. The summed E-state index contributed by atoms with van der Waals surface area (Å²) in [6.07, 6.45) is 6.35. The second-order valence-electron chi connectivity index (χ2n) is 7.11. The van der Waals surface area contributed by atoms with Gasteiger partial charge in [-0.2, -0.15) is 0 Å². The lowest BCUT2D eigenvalue weighted by Gasteiger charge is -2.14. The number of methoxy groups -OCH3 is 1. The molecule has 8 heteroatoms. The van der Waals surface area contributed by atoms with Gasteiger partial charge in [0.15, 0.2) is 0 Å². The molecule has 0 spiro atoms. The fourth-order valence-electron chi connectivity index (χ4n) is 3.37. The van der Waals surface area contributed by atoms with Gasteiger partial charge in [0, 0.05) is 12.0 Å². The van der Waals surface area contributed by atoms with Gasteiger partial charge < -0.3 is 10.1 Å². The van der Waals surface area contributed by atoms with E-state index in [1.165, 1.54) is 37.0 Å². The lowest BCUT2D eigenvalue weighted by Crippen LogP contribution is -2.41. The van der Waals surface area contributed by atoms with Crippen LogP contribution in [0.5, 0.6) is 5.75 Å². The summed E-state index contributed by atoms with van der Waals surface area (Å²) in [6.45, 7) is 1.67. The van der Waals surface area contributed by atoms with Crippen molar-refractivity contribution in [3.05, 3.63) is 24.3 Å². The Morgan fingerprint density at radius 2 is 2.07 bits per heavy atom. The number of ether oxygens (including phenoxy) is 1. The number of anilines is 1. The molecular formula is C20H26N4O3S. The normalized spacial score (nSPS) is 15.2. The molecule has 1 atom stereocenters. The number of rotatable bonds is 8. The number of carbonyl (C=O) groups is 2. The van der Waals surface area contributed by atoms with Crippen molar-refractivity contribution >= 4 is 28.3 Å². The quantitative estimate of drug-likeness (QED) is 0.703. The van der Waals surface area contributed by atoms with Crippen LogP contribution in [-0.4, -0.2) is 35.2 Å². The van der Waals surface area contributed by atoms with Gasteiger partial charge in [0.2, 0.25) is 16.9 Å². The van der Waals surface area contributed by atoms with Gasteiger partial charge in [-0.25, -0.2) is 0 Å². The zero-order valence-corrected chi connectivity index (χ0v) is 17.1. The fraction of sp³-hybridized carbons (Fsp3) is 0.500. The molecule has 3 rings (SSSR count). The number of aromatic nitrogens is 2. The minimum absolute atomic E-state index is 0.0797. The zero-order chi connectivity index (χ0) is 19.9. The van der Waals surface area contributed by atoms with E-state index in [1.807, 2.05) is 24.3 Å². The topological polar surface area (TPSA) is 93.2 Å². The van der Waals surface area contributed by atoms with Crippen molar-refractivity contribution in [1.29, 1.82) is 0 Å². The summed E-state index contributed by atoms with van der Waals surface area (Å²) in [5.74, 6) is 1.00. The third-order valence-electron chi connectivity index (χ3n) is 5.00. The highest BCUT2D eigenvalue weighted by Gasteiger charge is 2.20. The lowest BCUT2D eigenvalue weighted by atomic mass is 10.0. The maximum atomic E-state index is 12.3. The second kappa shape index (κ2) is 9.64. The molecule has 1 fully saturated rings. The highest BCUT2D eigenvalue weighted by atomic mass is 32.1. The van der Waals surface area contributed by atoms with E-state index in [0.717, 1.165) is 17.7 Å². The average Bonchev–Trinajstić information content (AvgIpc) is 3.38. The standard InChI is InChI=1S/C20H26N4O3S/c1-13(21-17(25)11-10-14-6-3-4-7-14)18(26)22-20-24-23-19(28-20)15-8-5-9-16(12-15)27-2/h5,8-9,12-14H,3-4,6-7,10-11H2,1-2H3,(H,21,25)(H,22,24,26)/t13-/m1/s1. The van der Waals surface area contributed by atoms with Crippen LogP contribution in [0, 0.1) is 5.92 Å². The highest BCUT2D eigenvalue weighted by molar-refractivity contribution is 7.18. The molecular weight excluding hydrogens is 376 g/mol. The van der Waals surface area contributed by atoms with Crippen LogP contribution in [0.3, 0.4) is 0 Å². The van der Waals surface area contributed by atoms with Gasteiger partial charge in [-0.15, -0.1) is 10.2 Å². The van der Waals surface area contributed by atoms with E-state index in [4.69, 9.17) is 4.74 Å². The first kappa shape index (κ1) is 20.3. The average molecular weight is 403 g/mol. The smallest absolute Gasteiger partial charge is 0.248 e. The predicted molar refractivity (Wildman–Crippen MR) is 109 cm³/mol. The number of hydrogen-bond donors (Lipinski definition) is 2. The molecule has 150 valence electrons. The van der Waals surface area contributed by atoms with Crippen molar-refractivity contribution in [2.24, 2.45) is 5.92 Å². The van der Waals surface area contributed by atoms with Gasteiger partial charge >= 0.3 is 0 Å². The highest BCUT2D eigenvalue weighted by Crippen LogP contribution is 2.29. The first-order chi connectivity index (χ1) is 13.5. The van der Waals surface area contributed by atoms with E-state index in [9.17, 15) is 9.59 Å². The zero-order valence-electron chi connectivity index (χ0n) is 16.2. The third-order valence-corrected chi connectivity index (χ3v) is 5.88. The molecule has 0 aliphatic heterocycles. The Labute approximate surface area is 168 Å². The fourth-order valence-corrected chi connectivity index (χ4v) is 4.12. The molecule has 0 radical (unpaired) electrons. The van der Waals surface area contributed by atoms with E-state index in [-0.39, 0.29) is 11.8 Å². The third kappa shape index (κ3) is 5.51. The molecule has 7 nitrogen and oxygen atoms in total. The van der Waals surface area contributed by atoms with Crippen LogP contribution in [-0.2, 0) is 9.59 Å². The van der Waals surface area contributed by atoms with Crippen molar-refractivity contribution in [3.63, 3.8) is 0 Å².